The van der Waals surface area contributed by atoms with Crippen LogP contribution < -0.4 is 0 Å². The molecule has 1 unspecified atom stereocenters. The number of hydrogen-bond acceptors (Lipinski definition) is 2. The smallest absolute Gasteiger partial charge is 0.100 e. The second-order valence-electron chi connectivity index (χ2n) is 4.16. The second-order valence-corrected chi connectivity index (χ2v) is 4.97. The molecule has 1 saturated carbocycles. The zero-order valence-corrected chi connectivity index (χ0v) is 10.1. The predicted octanol–water partition coefficient (Wildman–Crippen LogP) is 3.72. The highest BCUT2D eigenvalue weighted by atomic mass is 35.5. The first-order valence-corrected chi connectivity index (χ1v) is 5.89. The normalized spacial score (nSPS) is 19.6. The van der Waals surface area contributed by atoms with Gasteiger partial charge >= 0.3 is 0 Å². The minimum absolute atomic E-state index is 0.418. The second kappa shape index (κ2) is 4.25. The predicted molar refractivity (Wildman–Crippen MR) is 63.3 cm³/mol. The first kappa shape index (κ1) is 11.7. The van der Waals surface area contributed by atoms with Gasteiger partial charge in [-0.1, -0.05) is 35.7 Å². The lowest BCUT2D eigenvalue weighted by Crippen LogP contribution is -2.34. The van der Waals surface area contributed by atoms with E-state index in [1.54, 1.807) is 18.2 Å². The van der Waals surface area contributed by atoms with Gasteiger partial charge in [0.25, 0.3) is 0 Å². The first-order valence-electron chi connectivity index (χ1n) is 5.14. The summed E-state index contributed by atoms with van der Waals surface area (Å²) in [5.74, 6) is 0. The van der Waals surface area contributed by atoms with Crippen LogP contribution in [0.5, 0.6) is 0 Å². The third-order valence-electron chi connectivity index (χ3n) is 3.27. The Morgan fingerprint density at radius 1 is 1.31 bits per heavy atom. The van der Waals surface area contributed by atoms with Crippen molar-refractivity contribution in [3.8, 4) is 6.07 Å². The summed E-state index contributed by atoms with van der Waals surface area (Å²) < 4.78 is 0. The van der Waals surface area contributed by atoms with E-state index < -0.39 is 11.5 Å². The van der Waals surface area contributed by atoms with E-state index in [1.807, 2.05) is 0 Å². The number of aliphatic hydroxyl groups is 1. The van der Waals surface area contributed by atoms with Crippen LogP contribution in [0.15, 0.2) is 18.2 Å². The highest BCUT2D eigenvalue weighted by molar-refractivity contribution is 6.36. The summed E-state index contributed by atoms with van der Waals surface area (Å²) in [5, 5.41) is 20.3. The lowest BCUT2D eigenvalue weighted by atomic mass is 9.64. The van der Waals surface area contributed by atoms with Crippen LogP contribution in [0.2, 0.25) is 10.0 Å². The molecule has 2 nitrogen and oxygen atoms in total. The molecular formula is C12H11Cl2NO. The Morgan fingerprint density at radius 2 is 1.88 bits per heavy atom. The van der Waals surface area contributed by atoms with Gasteiger partial charge in [-0.2, -0.15) is 5.26 Å². The van der Waals surface area contributed by atoms with E-state index >= 15 is 0 Å². The summed E-state index contributed by atoms with van der Waals surface area (Å²) in [7, 11) is 0. The molecule has 0 spiro atoms. The Labute approximate surface area is 104 Å². The Bertz CT molecular complexity index is 429. The van der Waals surface area contributed by atoms with Crippen molar-refractivity contribution in [1.82, 2.24) is 0 Å². The average Bonchev–Trinajstić information content (AvgIpc) is 2.16. The van der Waals surface area contributed by atoms with Crippen molar-refractivity contribution < 1.29 is 5.11 Å². The van der Waals surface area contributed by atoms with Gasteiger partial charge in [-0.25, -0.2) is 0 Å². The highest BCUT2D eigenvalue weighted by Gasteiger charge is 2.45. The standard InChI is InChI=1S/C12H11Cl2NO/c13-8-3-1-4-9(14)10(8)11(16)12(7-15)5-2-6-12/h1,3-4,11,16H,2,5-6H2. The number of rotatable bonds is 2. The number of benzene rings is 1. The number of aliphatic hydroxyl groups excluding tert-OH is 1. The van der Waals surface area contributed by atoms with Crippen LogP contribution in [-0.4, -0.2) is 5.11 Å². The molecule has 0 aromatic heterocycles. The molecule has 1 N–H and O–H groups in total. The van der Waals surface area contributed by atoms with Crippen molar-refractivity contribution in [2.24, 2.45) is 5.41 Å². The Kier molecular flexibility index (Phi) is 3.12. The first-order chi connectivity index (χ1) is 7.60. The summed E-state index contributed by atoms with van der Waals surface area (Å²) >= 11 is 12.0. The monoisotopic (exact) mass is 255 g/mol. The maximum atomic E-state index is 10.3. The van der Waals surface area contributed by atoms with Crippen molar-refractivity contribution in [3.63, 3.8) is 0 Å². The molecule has 0 amide bonds. The molecule has 1 aromatic carbocycles. The topological polar surface area (TPSA) is 44.0 Å². The Hall–Kier alpha value is -0.750. The van der Waals surface area contributed by atoms with Gasteiger partial charge in [-0.3, -0.25) is 0 Å². The van der Waals surface area contributed by atoms with Gasteiger partial charge in [0.1, 0.15) is 6.10 Å². The third kappa shape index (κ3) is 1.69. The molecule has 1 fully saturated rings. The molecule has 0 aliphatic heterocycles. The van der Waals surface area contributed by atoms with Crippen LogP contribution in [0.4, 0.5) is 0 Å². The van der Waals surface area contributed by atoms with Crippen molar-refractivity contribution in [2.75, 3.05) is 0 Å². The van der Waals surface area contributed by atoms with E-state index in [1.165, 1.54) is 0 Å². The van der Waals surface area contributed by atoms with Gasteiger partial charge < -0.3 is 5.11 Å². The molecule has 16 heavy (non-hydrogen) atoms. The highest BCUT2D eigenvalue weighted by Crippen LogP contribution is 2.52. The summed E-state index contributed by atoms with van der Waals surface area (Å²) in [6.45, 7) is 0. The van der Waals surface area contributed by atoms with Crippen molar-refractivity contribution in [2.45, 2.75) is 25.4 Å². The van der Waals surface area contributed by atoms with Gasteiger partial charge in [-0.15, -0.1) is 0 Å². The molecule has 1 aliphatic carbocycles. The van der Waals surface area contributed by atoms with Crippen molar-refractivity contribution in [1.29, 1.82) is 5.26 Å². The van der Waals surface area contributed by atoms with E-state index in [2.05, 4.69) is 6.07 Å². The third-order valence-corrected chi connectivity index (χ3v) is 3.92. The molecule has 4 heteroatoms. The fraction of sp³-hybridized carbons (Fsp3) is 0.417. The van der Waals surface area contributed by atoms with Gasteiger partial charge in [0, 0.05) is 15.6 Å². The molecule has 0 heterocycles. The molecule has 0 saturated heterocycles. The lowest BCUT2D eigenvalue weighted by Gasteiger charge is -2.39. The zero-order valence-electron chi connectivity index (χ0n) is 8.58. The van der Waals surface area contributed by atoms with Crippen LogP contribution in [-0.2, 0) is 0 Å². The number of nitrogens with zero attached hydrogens (tertiary/aromatic N) is 1. The van der Waals surface area contributed by atoms with Crippen LogP contribution >= 0.6 is 23.2 Å². The fourth-order valence-electron chi connectivity index (χ4n) is 2.05. The number of nitriles is 1. The van der Waals surface area contributed by atoms with Crippen LogP contribution in [0.25, 0.3) is 0 Å². The zero-order chi connectivity index (χ0) is 11.8. The Balaban J connectivity index is 2.41. The van der Waals surface area contributed by atoms with E-state index in [9.17, 15) is 5.11 Å². The van der Waals surface area contributed by atoms with E-state index in [0.717, 1.165) is 6.42 Å². The lowest BCUT2D eigenvalue weighted by molar-refractivity contribution is 0.00809. The van der Waals surface area contributed by atoms with Crippen LogP contribution in [0.3, 0.4) is 0 Å². The summed E-state index contributed by atoms with van der Waals surface area (Å²) in [6.07, 6.45) is 1.47. The molecule has 84 valence electrons. The molecular weight excluding hydrogens is 245 g/mol. The van der Waals surface area contributed by atoms with Crippen LogP contribution in [0.1, 0.15) is 30.9 Å². The summed E-state index contributed by atoms with van der Waals surface area (Å²) in [4.78, 5) is 0. The largest absolute Gasteiger partial charge is 0.387 e. The molecule has 0 radical (unpaired) electrons. The summed E-state index contributed by atoms with van der Waals surface area (Å²) in [5.41, 5.74) is -0.221. The maximum absolute atomic E-state index is 10.3. The minimum Gasteiger partial charge on any atom is -0.387 e. The quantitative estimate of drug-likeness (QED) is 0.876. The van der Waals surface area contributed by atoms with Crippen LogP contribution in [0, 0.1) is 16.7 Å². The fourth-order valence-corrected chi connectivity index (χ4v) is 2.66. The van der Waals surface area contributed by atoms with E-state index in [0.29, 0.717) is 28.5 Å². The van der Waals surface area contributed by atoms with Crippen molar-refractivity contribution in [3.05, 3.63) is 33.8 Å². The van der Waals surface area contributed by atoms with Gasteiger partial charge in [0.15, 0.2) is 0 Å². The molecule has 1 atom stereocenters. The van der Waals surface area contributed by atoms with Crippen molar-refractivity contribution >= 4 is 23.2 Å². The summed E-state index contributed by atoms with van der Waals surface area (Å²) in [6, 6.07) is 7.28. The number of hydrogen-bond donors (Lipinski definition) is 1. The minimum atomic E-state index is -0.896. The molecule has 1 aromatic rings. The van der Waals surface area contributed by atoms with E-state index in [4.69, 9.17) is 28.5 Å². The SMILES string of the molecule is N#CC1(C(O)c2c(Cl)cccc2Cl)CCC1. The van der Waals surface area contributed by atoms with E-state index in [-0.39, 0.29) is 0 Å². The molecule has 0 bridgehead atoms. The number of halogens is 2. The van der Waals surface area contributed by atoms with Gasteiger partial charge in [0.05, 0.1) is 11.5 Å². The van der Waals surface area contributed by atoms with Gasteiger partial charge in [-0.05, 0) is 25.0 Å². The Morgan fingerprint density at radius 3 is 2.25 bits per heavy atom. The van der Waals surface area contributed by atoms with Gasteiger partial charge in [0.2, 0.25) is 0 Å². The molecule has 1 aliphatic rings. The maximum Gasteiger partial charge on any atom is 0.100 e. The molecule has 2 rings (SSSR count). The average molecular weight is 256 g/mol.